The van der Waals surface area contributed by atoms with Crippen LogP contribution < -0.4 is 20.8 Å². The highest BCUT2D eigenvalue weighted by molar-refractivity contribution is 6.05. The number of benzene rings is 2. The third kappa shape index (κ3) is 7.09. The van der Waals surface area contributed by atoms with Gasteiger partial charge in [0.2, 0.25) is 5.43 Å². The first kappa shape index (κ1) is 30.6. The number of ether oxygens (including phenoxy) is 2. The van der Waals surface area contributed by atoms with Gasteiger partial charge in [0.1, 0.15) is 22.7 Å². The molecule has 5 aromatic rings. The summed E-state index contributed by atoms with van der Waals surface area (Å²) in [7, 11) is 0. The number of rotatable bonds is 10. The molecule has 3 aromatic heterocycles. The number of carbonyl (C=O) groups excluding carboxylic acids is 2. The second kappa shape index (κ2) is 14.1. The van der Waals surface area contributed by atoms with Crippen LogP contribution in [0.25, 0.3) is 16.7 Å². The van der Waals surface area contributed by atoms with Crippen LogP contribution in [-0.2, 0) is 4.74 Å². The molecule has 0 aliphatic carbocycles. The van der Waals surface area contributed by atoms with Gasteiger partial charge in [-0.15, -0.1) is 0 Å². The molecule has 1 aliphatic heterocycles. The molecule has 1 fully saturated rings. The van der Waals surface area contributed by atoms with Crippen LogP contribution in [0.1, 0.15) is 27.3 Å². The number of fused-ring (bicyclic) bond motifs is 1. The molecule has 1 aliphatic rings. The lowest BCUT2D eigenvalue weighted by Gasteiger charge is -2.26. The highest BCUT2D eigenvalue weighted by Crippen LogP contribution is 2.27. The van der Waals surface area contributed by atoms with E-state index in [4.69, 9.17) is 9.47 Å². The fraction of sp³-hybridized carbons (Fsp3) is 0.206. The van der Waals surface area contributed by atoms with Gasteiger partial charge < -0.3 is 24.7 Å². The first-order valence-electron chi connectivity index (χ1n) is 14.9. The first-order valence-corrected chi connectivity index (χ1v) is 14.9. The number of nitrogens with one attached hydrogen (secondary N) is 2. The number of para-hydroxylation sites is 1. The molecular weight excluding hydrogens is 591 g/mol. The quantitative estimate of drug-likeness (QED) is 0.219. The number of carbonyl (C=O) groups is 2. The van der Waals surface area contributed by atoms with Crippen LogP contribution in [-0.4, -0.2) is 70.6 Å². The van der Waals surface area contributed by atoms with Crippen molar-refractivity contribution in [2.24, 2.45) is 0 Å². The molecule has 11 nitrogen and oxygen atoms in total. The van der Waals surface area contributed by atoms with Crippen LogP contribution in [0.3, 0.4) is 0 Å². The Kier molecular flexibility index (Phi) is 9.37. The normalized spacial score (nSPS) is 13.3. The molecule has 4 heterocycles. The van der Waals surface area contributed by atoms with E-state index in [-0.39, 0.29) is 39.7 Å². The second-order valence-corrected chi connectivity index (χ2v) is 10.6. The van der Waals surface area contributed by atoms with Crippen LogP contribution in [0.15, 0.2) is 96.2 Å². The second-order valence-electron chi connectivity index (χ2n) is 10.6. The van der Waals surface area contributed by atoms with Crippen molar-refractivity contribution in [2.75, 3.05) is 44.7 Å². The van der Waals surface area contributed by atoms with Gasteiger partial charge in [0.15, 0.2) is 11.6 Å². The molecule has 0 spiro atoms. The summed E-state index contributed by atoms with van der Waals surface area (Å²) in [6.45, 7) is 4.57. The molecule has 234 valence electrons. The average Bonchev–Trinajstić information content (AvgIpc) is 3.09. The van der Waals surface area contributed by atoms with Gasteiger partial charge in [-0.2, -0.15) is 0 Å². The topological polar surface area (TPSA) is 128 Å². The van der Waals surface area contributed by atoms with Crippen LogP contribution >= 0.6 is 0 Å². The Morgan fingerprint density at radius 1 is 0.935 bits per heavy atom. The number of hydrogen-bond acceptors (Lipinski definition) is 8. The molecule has 46 heavy (non-hydrogen) atoms. The number of morpholine rings is 1. The maximum atomic E-state index is 15.1. The van der Waals surface area contributed by atoms with E-state index in [0.717, 1.165) is 45.3 Å². The number of aromatic nitrogens is 3. The van der Waals surface area contributed by atoms with E-state index in [2.05, 4.69) is 25.5 Å². The van der Waals surface area contributed by atoms with Gasteiger partial charge in [-0.05, 0) is 55.4 Å². The molecule has 0 radical (unpaired) electrons. The zero-order chi connectivity index (χ0) is 31.9. The van der Waals surface area contributed by atoms with E-state index in [1.54, 1.807) is 22.9 Å². The van der Waals surface area contributed by atoms with Crippen molar-refractivity contribution < 1.29 is 23.5 Å². The van der Waals surface area contributed by atoms with Crippen LogP contribution in [0.4, 0.5) is 10.1 Å². The summed E-state index contributed by atoms with van der Waals surface area (Å²) in [5, 5.41) is 5.72. The number of nitrogens with zero attached hydrogens (tertiary/aromatic N) is 4. The zero-order valence-electron chi connectivity index (χ0n) is 24.8. The lowest BCUT2D eigenvalue weighted by molar-refractivity contribution is 0.0374. The van der Waals surface area contributed by atoms with E-state index in [1.807, 2.05) is 30.3 Å². The Morgan fingerprint density at radius 2 is 1.76 bits per heavy atom. The maximum Gasteiger partial charge on any atom is 0.270 e. The monoisotopic (exact) mass is 622 g/mol. The van der Waals surface area contributed by atoms with Gasteiger partial charge in [0, 0.05) is 61.7 Å². The van der Waals surface area contributed by atoms with Crippen LogP contribution in [0, 0.1) is 5.82 Å². The zero-order valence-corrected chi connectivity index (χ0v) is 24.8. The molecule has 6 rings (SSSR count). The Hall–Kier alpha value is -5.46. The van der Waals surface area contributed by atoms with Crippen molar-refractivity contribution in [3.05, 3.63) is 119 Å². The highest BCUT2D eigenvalue weighted by Gasteiger charge is 2.18. The fourth-order valence-electron chi connectivity index (χ4n) is 5.11. The molecule has 0 bridgehead atoms. The van der Waals surface area contributed by atoms with Crippen molar-refractivity contribution in [1.82, 2.24) is 24.8 Å². The van der Waals surface area contributed by atoms with Gasteiger partial charge in [-0.25, -0.2) is 9.37 Å². The number of anilines is 1. The summed E-state index contributed by atoms with van der Waals surface area (Å²) >= 11 is 0. The molecule has 12 heteroatoms. The third-order valence-corrected chi connectivity index (χ3v) is 7.46. The van der Waals surface area contributed by atoms with Crippen molar-refractivity contribution in [3.63, 3.8) is 0 Å². The maximum absolute atomic E-state index is 15.1. The van der Waals surface area contributed by atoms with Crippen molar-refractivity contribution in [2.45, 2.75) is 6.42 Å². The minimum absolute atomic E-state index is 0.121. The molecule has 0 atom stereocenters. The summed E-state index contributed by atoms with van der Waals surface area (Å²) in [4.78, 5) is 49.9. The van der Waals surface area contributed by atoms with E-state index >= 15 is 4.39 Å². The number of amides is 2. The summed E-state index contributed by atoms with van der Waals surface area (Å²) < 4.78 is 27.8. The summed E-state index contributed by atoms with van der Waals surface area (Å²) in [5.41, 5.74) is 0.756. The highest BCUT2D eigenvalue weighted by atomic mass is 19.1. The Bertz CT molecular complexity index is 1930. The van der Waals surface area contributed by atoms with Crippen LogP contribution in [0.2, 0.25) is 0 Å². The van der Waals surface area contributed by atoms with E-state index < -0.39 is 17.2 Å². The van der Waals surface area contributed by atoms with Crippen molar-refractivity contribution >= 4 is 28.5 Å². The number of hydrogen-bond donors (Lipinski definition) is 2. The van der Waals surface area contributed by atoms with Gasteiger partial charge in [0.25, 0.3) is 11.8 Å². The number of pyridine rings is 3. The molecule has 2 N–H and O–H groups in total. The summed E-state index contributed by atoms with van der Waals surface area (Å²) in [5.74, 6) is -1.72. The fourth-order valence-corrected chi connectivity index (χ4v) is 5.11. The Balaban J connectivity index is 1.12. The van der Waals surface area contributed by atoms with Crippen molar-refractivity contribution in [1.29, 1.82) is 0 Å². The largest absolute Gasteiger partial charge is 0.454 e. The molecule has 2 amide bonds. The third-order valence-electron chi connectivity index (χ3n) is 7.46. The first-order chi connectivity index (χ1) is 22.5. The van der Waals surface area contributed by atoms with Gasteiger partial charge in [-0.3, -0.25) is 24.3 Å². The Labute approximate surface area is 263 Å². The minimum atomic E-state index is -0.756. The van der Waals surface area contributed by atoms with Crippen LogP contribution in [0.5, 0.6) is 11.5 Å². The predicted octanol–water partition coefficient (Wildman–Crippen LogP) is 4.42. The summed E-state index contributed by atoms with van der Waals surface area (Å²) in [6.07, 6.45) is 5.20. The molecule has 0 saturated carbocycles. The van der Waals surface area contributed by atoms with E-state index in [1.165, 1.54) is 36.7 Å². The van der Waals surface area contributed by atoms with Gasteiger partial charge in [-0.1, -0.05) is 18.2 Å². The molecule has 0 unspecified atom stereocenters. The Morgan fingerprint density at radius 3 is 2.57 bits per heavy atom. The minimum Gasteiger partial charge on any atom is -0.454 e. The summed E-state index contributed by atoms with van der Waals surface area (Å²) in [6, 6.07) is 19.3. The number of halogens is 1. The SMILES string of the molecule is O=C(NCCCN1CCOCC1)c1cc(Oc2ccc(NC(=O)c3cn(-c4ccccc4)c4ncccc4c3=O)cc2F)ccn1. The lowest BCUT2D eigenvalue weighted by atomic mass is 10.1. The van der Waals surface area contributed by atoms with Gasteiger partial charge >= 0.3 is 0 Å². The predicted molar refractivity (Wildman–Crippen MR) is 170 cm³/mol. The van der Waals surface area contributed by atoms with Crippen molar-refractivity contribution in [3.8, 4) is 17.2 Å². The standard InChI is InChI=1S/C34H31FN6O5/c35-28-20-23(39-33(43)27-22-41(24-6-2-1-3-7-24)32-26(31(27)42)8-4-12-37-32)9-10-30(28)46-25-11-14-36-29(21-25)34(44)38-13-5-15-40-16-18-45-19-17-40/h1-4,6-12,14,20-22H,5,13,15-19H2,(H,38,44)(H,39,43). The lowest BCUT2D eigenvalue weighted by Crippen LogP contribution is -2.38. The molecule has 2 aromatic carbocycles. The molecular formula is C34H31FN6O5. The van der Waals surface area contributed by atoms with Gasteiger partial charge in [0.05, 0.1) is 18.6 Å². The van der Waals surface area contributed by atoms with E-state index in [9.17, 15) is 14.4 Å². The molecule has 1 saturated heterocycles. The average molecular weight is 623 g/mol. The van der Waals surface area contributed by atoms with E-state index in [0.29, 0.717) is 17.9 Å². The smallest absolute Gasteiger partial charge is 0.270 e.